The van der Waals surface area contributed by atoms with E-state index in [2.05, 4.69) is 4.74 Å². The van der Waals surface area contributed by atoms with Crippen molar-refractivity contribution in [3.8, 4) is 0 Å². The van der Waals surface area contributed by atoms with Crippen LogP contribution in [0.25, 0.3) is 6.08 Å². The SMILES string of the molecule is COC(=O)/C=C/c1ccc(N2CCC(C(N)=O)C2)c([N+](=O)[O-])c1. The first-order valence-electron chi connectivity index (χ1n) is 7.01. The van der Waals surface area contributed by atoms with Crippen molar-refractivity contribution in [3.05, 3.63) is 40.0 Å². The number of amides is 1. The Morgan fingerprint density at radius 2 is 2.22 bits per heavy atom. The molecule has 2 N–H and O–H groups in total. The minimum Gasteiger partial charge on any atom is -0.466 e. The van der Waals surface area contributed by atoms with E-state index in [0.717, 1.165) is 0 Å². The third-order valence-corrected chi connectivity index (χ3v) is 3.74. The van der Waals surface area contributed by atoms with Crippen LogP contribution in [0.15, 0.2) is 24.3 Å². The van der Waals surface area contributed by atoms with Gasteiger partial charge in [-0.15, -0.1) is 0 Å². The summed E-state index contributed by atoms with van der Waals surface area (Å²) in [5.41, 5.74) is 6.16. The number of primary amides is 1. The number of methoxy groups -OCH3 is 1. The van der Waals surface area contributed by atoms with Gasteiger partial charge in [0.25, 0.3) is 5.69 Å². The van der Waals surface area contributed by atoms with Gasteiger partial charge in [0.15, 0.2) is 0 Å². The Balaban J connectivity index is 2.27. The average Bonchev–Trinajstić information content (AvgIpc) is 3.02. The normalized spacial score (nSPS) is 17.4. The first kappa shape index (κ1) is 16.5. The first-order valence-corrected chi connectivity index (χ1v) is 7.01. The van der Waals surface area contributed by atoms with Crippen LogP contribution >= 0.6 is 0 Å². The van der Waals surface area contributed by atoms with E-state index in [1.807, 2.05) is 0 Å². The molecule has 2 rings (SSSR count). The number of nitrogens with zero attached hydrogens (tertiary/aromatic N) is 2. The van der Waals surface area contributed by atoms with Gasteiger partial charge in [-0.25, -0.2) is 4.79 Å². The maximum atomic E-state index is 11.3. The maximum Gasteiger partial charge on any atom is 0.330 e. The van der Waals surface area contributed by atoms with E-state index in [1.54, 1.807) is 17.0 Å². The number of benzene rings is 1. The smallest absolute Gasteiger partial charge is 0.330 e. The summed E-state index contributed by atoms with van der Waals surface area (Å²) >= 11 is 0. The van der Waals surface area contributed by atoms with Crippen molar-refractivity contribution in [2.75, 3.05) is 25.1 Å². The molecule has 0 aliphatic carbocycles. The fourth-order valence-electron chi connectivity index (χ4n) is 2.50. The van der Waals surface area contributed by atoms with Crippen molar-refractivity contribution in [3.63, 3.8) is 0 Å². The number of nitrogens with two attached hydrogens (primary N) is 1. The Morgan fingerprint density at radius 1 is 1.48 bits per heavy atom. The van der Waals surface area contributed by atoms with Gasteiger partial charge in [0.05, 0.1) is 18.0 Å². The lowest BCUT2D eigenvalue weighted by atomic mass is 10.1. The summed E-state index contributed by atoms with van der Waals surface area (Å²) in [5, 5.41) is 11.3. The molecule has 1 unspecified atom stereocenters. The average molecular weight is 319 g/mol. The molecule has 1 aliphatic rings. The molecular formula is C15H17N3O5. The van der Waals surface area contributed by atoms with Crippen molar-refractivity contribution in [2.24, 2.45) is 11.7 Å². The number of hydrogen-bond donors (Lipinski definition) is 1. The molecule has 0 bridgehead atoms. The molecule has 1 aromatic rings. The van der Waals surface area contributed by atoms with Gasteiger partial charge >= 0.3 is 5.97 Å². The quantitative estimate of drug-likeness (QED) is 0.376. The van der Waals surface area contributed by atoms with Gasteiger partial charge < -0.3 is 15.4 Å². The molecule has 8 heteroatoms. The van der Waals surface area contributed by atoms with E-state index in [1.165, 1.54) is 25.3 Å². The molecule has 1 fully saturated rings. The molecule has 122 valence electrons. The zero-order valence-corrected chi connectivity index (χ0v) is 12.6. The monoisotopic (exact) mass is 319 g/mol. The largest absolute Gasteiger partial charge is 0.466 e. The molecule has 1 aliphatic heterocycles. The molecule has 1 aromatic carbocycles. The van der Waals surface area contributed by atoms with Crippen molar-refractivity contribution in [1.82, 2.24) is 0 Å². The number of ether oxygens (including phenoxy) is 1. The van der Waals surface area contributed by atoms with Crippen LogP contribution in [0.2, 0.25) is 0 Å². The predicted octanol–water partition coefficient (Wildman–Crippen LogP) is 1.09. The van der Waals surface area contributed by atoms with Crippen LogP contribution in [0.5, 0.6) is 0 Å². The van der Waals surface area contributed by atoms with Crippen molar-refractivity contribution in [1.29, 1.82) is 0 Å². The van der Waals surface area contributed by atoms with Crippen LogP contribution in [0.4, 0.5) is 11.4 Å². The first-order chi connectivity index (χ1) is 10.9. The highest BCUT2D eigenvalue weighted by Gasteiger charge is 2.30. The van der Waals surface area contributed by atoms with Gasteiger partial charge in [-0.3, -0.25) is 14.9 Å². The van der Waals surface area contributed by atoms with E-state index in [9.17, 15) is 19.7 Å². The van der Waals surface area contributed by atoms with E-state index < -0.39 is 16.8 Å². The minimum absolute atomic E-state index is 0.0814. The molecule has 0 saturated carbocycles. The molecule has 8 nitrogen and oxygen atoms in total. The summed E-state index contributed by atoms with van der Waals surface area (Å²) in [6, 6.07) is 4.66. The Kier molecular flexibility index (Phi) is 4.95. The van der Waals surface area contributed by atoms with Crippen molar-refractivity contribution < 1.29 is 19.2 Å². The van der Waals surface area contributed by atoms with Crippen LogP contribution in [0.3, 0.4) is 0 Å². The van der Waals surface area contributed by atoms with Gasteiger partial charge in [-0.1, -0.05) is 6.07 Å². The highest BCUT2D eigenvalue weighted by Crippen LogP contribution is 2.33. The Labute approximate surface area is 132 Å². The molecule has 0 aromatic heterocycles. The number of rotatable bonds is 5. The van der Waals surface area contributed by atoms with Gasteiger partial charge in [0.2, 0.25) is 5.91 Å². The van der Waals surface area contributed by atoms with Gasteiger partial charge in [0, 0.05) is 25.2 Å². The van der Waals surface area contributed by atoms with E-state index >= 15 is 0 Å². The fraction of sp³-hybridized carbons (Fsp3) is 0.333. The second-order valence-electron chi connectivity index (χ2n) is 5.20. The second kappa shape index (κ2) is 6.91. The van der Waals surface area contributed by atoms with Gasteiger partial charge in [-0.2, -0.15) is 0 Å². The third kappa shape index (κ3) is 3.85. The highest BCUT2D eigenvalue weighted by molar-refractivity contribution is 5.87. The molecular weight excluding hydrogens is 302 g/mol. The van der Waals surface area contributed by atoms with Crippen molar-refractivity contribution >= 4 is 29.3 Å². The van der Waals surface area contributed by atoms with Crippen molar-refractivity contribution in [2.45, 2.75) is 6.42 Å². The second-order valence-corrected chi connectivity index (χ2v) is 5.20. The number of nitro groups is 1. The van der Waals surface area contributed by atoms with Crippen LogP contribution < -0.4 is 10.6 Å². The zero-order valence-electron chi connectivity index (χ0n) is 12.6. The number of anilines is 1. The summed E-state index contributed by atoms with van der Waals surface area (Å²) in [7, 11) is 1.25. The summed E-state index contributed by atoms with van der Waals surface area (Å²) < 4.78 is 4.48. The number of esters is 1. The lowest BCUT2D eigenvalue weighted by Gasteiger charge is -2.18. The van der Waals surface area contributed by atoms with Crippen LogP contribution in [0, 0.1) is 16.0 Å². The molecule has 23 heavy (non-hydrogen) atoms. The lowest BCUT2D eigenvalue weighted by molar-refractivity contribution is -0.384. The lowest BCUT2D eigenvalue weighted by Crippen LogP contribution is -2.27. The summed E-state index contributed by atoms with van der Waals surface area (Å²) in [6.45, 7) is 0.902. The number of carbonyl (C=O) groups excluding carboxylic acids is 2. The molecule has 1 heterocycles. The Bertz CT molecular complexity index is 671. The maximum absolute atomic E-state index is 11.3. The Morgan fingerprint density at radius 3 is 2.78 bits per heavy atom. The molecule has 1 atom stereocenters. The van der Waals surface area contributed by atoms with Crippen LogP contribution in [-0.4, -0.2) is 37.0 Å². The van der Waals surface area contributed by atoms with E-state index in [0.29, 0.717) is 30.8 Å². The Hall–Kier alpha value is -2.90. The van der Waals surface area contributed by atoms with Gasteiger partial charge in [-0.05, 0) is 24.1 Å². The van der Waals surface area contributed by atoms with E-state index in [4.69, 9.17) is 5.73 Å². The molecule has 1 amide bonds. The fourth-order valence-corrected chi connectivity index (χ4v) is 2.50. The summed E-state index contributed by atoms with van der Waals surface area (Å²) in [6.07, 6.45) is 3.22. The topological polar surface area (TPSA) is 116 Å². The highest BCUT2D eigenvalue weighted by atomic mass is 16.6. The van der Waals surface area contributed by atoms with Crippen LogP contribution in [-0.2, 0) is 14.3 Å². The molecule has 0 radical (unpaired) electrons. The standard InChI is InChI=1S/C15H17N3O5/c1-23-14(19)5-3-10-2-4-12(13(8-10)18(21)22)17-7-6-11(9-17)15(16)20/h2-5,8,11H,6-7,9H2,1H3,(H2,16,20)/b5-3+. The molecule has 0 spiro atoms. The predicted molar refractivity (Wildman–Crippen MR) is 83.7 cm³/mol. The van der Waals surface area contributed by atoms with Crippen LogP contribution in [0.1, 0.15) is 12.0 Å². The number of carbonyl (C=O) groups is 2. The molecule has 1 saturated heterocycles. The number of hydrogen-bond acceptors (Lipinski definition) is 6. The minimum atomic E-state index is -0.541. The summed E-state index contributed by atoms with van der Waals surface area (Å²) in [4.78, 5) is 34.9. The van der Waals surface area contributed by atoms with Gasteiger partial charge in [0.1, 0.15) is 5.69 Å². The third-order valence-electron chi connectivity index (χ3n) is 3.74. The number of nitro benzene ring substituents is 1. The summed E-state index contributed by atoms with van der Waals surface area (Å²) in [5.74, 6) is -1.23. The zero-order chi connectivity index (χ0) is 17.0. The van der Waals surface area contributed by atoms with E-state index in [-0.39, 0.29) is 11.6 Å².